The molecular formula is C15H15F2N. The van der Waals surface area contributed by atoms with Gasteiger partial charge in [-0.3, -0.25) is 0 Å². The standard InChI is InChI=1S/C15H15F2N/c1-4-10-13(16)7-14(17)12-6-9(18)5-11(8(2)3)15(10)12/h4-8H,1,18H2,2-3H3. The second kappa shape index (κ2) is 4.41. The largest absolute Gasteiger partial charge is 0.399 e. The van der Waals surface area contributed by atoms with Crippen molar-refractivity contribution >= 4 is 22.5 Å². The average Bonchev–Trinajstić information content (AvgIpc) is 2.29. The quantitative estimate of drug-likeness (QED) is 0.779. The predicted octanol–water partition coefficient (Wildman–Crippen LogP) is 4.47. The van der Waals surface area contributed by atoms with E-state index < -0.39 is 11.6 Å². The van der Waals surface area contributed by atoms with Gasteiger partial charge in [0, 0.05) is 22.7 Å². The van der Waals surface area contributed by atoms with Crippen molar-refractivity contribution in [3.05, 3.63) is 47.5 Å². The van der Waals surface area contributed by atoms with Crippen molar-refractivity contribution in [1.29, 1.82) is 0 Å². The average molecular weight is 247 g/mol. The van der Waals surface area contributed by atoms with Gasteiger partial charge in [0.15, 0.2) is 0 Å². The highest BCUT2D eigenvalue weighted by molar-refractivity contribution is 5.96. The van der Waals surface area contributed by atoms with Gasteiger partial charge in [0.25, 0.3) is 0 Å². The second-order valence-corrected chi connectivity index (χ2v) is 4.65. The Kier molecular flexibility index (Phi) is 3.07. The van der Waals surface area contributed by atoms with Crippen molar-refractivity contribution in [2.24, 2.45) is 0 Å². The smallest absolute Gasteiger partial charge is 0.134 e. The van der Waals surface area contributed by atoms with Crippen molar-refractivity contribution in [3.63, 3.8) is 0 Å². The molecule has 2 aromatic carbocycles. The molecule has 2 aromatic rings. The third kappa shape index (κ3) is 1.86. The zero-order valence-electron chi connectivity index (χ0n) is 10.4. The molecule has 0 aliphatic carbocycles. The SMILES string of the molecule is C=Cc1c(F)cc(F)c2cc(N)cc(C(C)C)c12. The molecule has 0 saturated carbocycles. The Hall–Kier alpha value is -1.90. The number of nitrogens with two attached hydrogens (primary N) is 1. The first-order valence-electron chi connectivity index (χ1n) is 5.79. The van der Waals surface area contributed by atoms with Crippen LogP contribution in [0.4, 0.5) is 14.5 Å². The zero-order chi connectivity index (χ0) is 13.4. The van der Waals surface area contributed by atoms with E-state index in [0.717, 1.165) is 11.6 Å². The highest BCUT2D eigenvalue weighted by Crippen LogP contribution is 2.34. The zero-order valence-corrected chi connectivity index (χ0v) is 10.4. The van der Waals surface area contributed by atoms with Crippen molar-refractivity contribution < 1.29 is 8.78 Å². The summed E-state index contributed by atoms with van der Waals surface area (Å²) in [6, 6.07) is 4.17. The first kappa shape index (κ1) is 12.6. The van der Waals surface area contributed by atoms with Gasteiger partial charge in [-0.15, -0.1) is 0 Å². The van der Waals surface area contributed by atoms with Gasteiger partial charge < -0.3 is 5.73 Å². The Bertz CT molecular complexity index is 630. The van der Waals surface area contributed by atoms with Gasteiger partial charge in [-0.25, -0.2) is 8.78 Å². The fourth-order valence-electron chi connectivity index (χ4n) is 2.22. The fourth-order valence-corrected chi connectivity index (χ4v) is 2.22. The summed E-state index contributed by atoms with van der Waals surface area (Å²) in [6.07, 6.45) is 1.42. The maximum Gasteiger partial charge on any atom is 0.134 e. The van der Waals surface area contributed by atoms with Crippen LogP contribution in [0.15, 0.2) is 24.8 Å². The maximum atomic E-state index is 13.9. The molecule has 0 aromatic heterocycles. The van der Waals surface area contributed by atoms with E-state index in [4.69, 9.17) is 5.73 Å². The van der Waals surface area contributed by atoms with E-state index in [9.17, 15) is 8.78 Å². The number of nitrogen functional groups attached to an aromatic ring is 1. The Balaban J connectivity index is 3.04. The molecule has 0 amide bonds. The van der Waals surface area contributed by atoms with Gasteiger partial charge >= 0.3 is 0 Å². The third-order valence-electron chi connectivity index (χ3n) is 3.05. The van der Waals surface area contributed by atoms with Gasteiger partial charge in [-0.1, -0.05) is 26.5 Å². The Morgan fingerprint density at radius 2 is 1.83 bits per heavy atom. The molecular weight excluding hydrogens is 232 g/mol. The minimum Gasteiger partial charge on any atom is -0.399 e. The summed E-state index contributed by atoms with van der Waals surface area (Å²) in [5.74, 6) is -1.07. The lowest BCUT2D eigenvalue weighted by atomic mass is 9.91. The Morgan fingerprint density at radius 3 is 2.39 bits per heavy atom. The van der Waals surface area contributed by atoms with E-state index in [1.807, 2.05) is 13.8 Å². The summed E-state index contributed by atoms with van der Waals surface area (Å²) in [5.41, 5.74) is 7.41. The van der Waals surface area contributed by atoms with Crippen LogP contribution < -0.4 is 5.73 Å². The summed E-state index contributed by atoms with van der Waals surface area (Å²) in [6.45, 7) is 7.53. The van der Waals surface area contributed by atoms with Gasteiger partial charge in [-0.2, -0.15) is 0 Å². The van der Waals surface area contributed by atoms with Gasteiger partial charge in [0.2, 0.25) is 0 Å². The number of benzene rings is 2. The predicted molar refractivity (Wildman–Crippen MR) is 72.5 cm³/mol. The lowest BCUT2D eigenvalue weighted by Gasteiger charge is -2.15. The lowest BCUT2D eigenvalue weighted by molar-refractivity contribution is 0.590. The molecule has 94 valence electrons. The molecule has 0 heterocycles. The fraction of sp³-hybridized carbons (Fsp3) is 0.200. The molecule has 0 aliphatic heterocycles. The number of hydrogen-bond acceptors (Lipinski definition) is 1. The normalized spacial score (nSPS) is 11.2. The van der Waals surface area contributed by atoms with E-state index in [2.05, 4.69) is 6.58 Å². The highest BCUT2D eigenvalue weighted by atomic mass is 19.1. The Morgan fingerprint density at radius 1 is 1.17 bits per heavy atom. The van der Waals surface area contributed by atoms with E-state index in [1.165, 1.54) is 12.1 Å². The third-order valence-corrected chi connectivity index (χ3v) is 3.05. The molecule has 0 aliphatic rings. The molecule has 0 bridgehead atoms. The lowest BCUT2D eigenvalue weighted by Crippen LogP contribution is -1.99. The Labute approximate surface area is 105 Å². The summed E-state index contributed by atoms with van der Waals surface area (Å²) in [4.78, 5) is 0. The van der Waals surface area contributed by atoms with Crippen LogP contribution in [-0.2, 0) is 0 Å². The van der Waals surface area contributed by atoms with Crippen molar-refractivity contribution in [2.45, 2.75) is 19.8 Å². The molecule has 0 radical (unpaired) electrons. The van der Waals surface area contributed by atoms with Crippen LogP contribution in [0.3, 0.4) is 0 Å². The number of anilines is 1. The number of halogens is 2. The van der Waals surface area contributed by atoms with Crippen LogP contribution in [0.1, 0.15) is 30.9 Å². The first-order chi connectivity index (χ1) is 8.45. The number of fused-ring (bicyclic) bond motifs is 1. The van der Waals surface area contributed by atoms with Crippen molar-refractivity contribution in [1.82, 2.24) is 0 Å². The molecule has 0 spiro atoms. The molecule has 2 N–H and O–H groups in total. The molecule has 0 unspecified atom stereocenters. The monoisotopic (exact) mass is 247 g/mol. The van der Waals surface area contributed by atoms with Crippen LogP contribution in [0.2, 0.25) is 0 Å². The summed E-state index contributed by atoms with van der Waals surface area (Å²) >= 11 is 0. The molecule has 1 nitrogen and oxygen atoms in total. The van der Waals surface area contributed by atoms with Crippen LogP contribution in [0, 0.1) is 11.6 Å². The van der Waals surface area contributed by atoms with Crippen LogP contribution in [-0.4, -0.2) is 0 Å². The van der Waals surface area contributed by atoms with E-state index in [0.29, 0.717) is 22.0 Å². The molecule has 18 heavy (non-hydrogen) atoms. The molecule has 0 fully saturated rings. The summed E-state index contributed by atoms with van der Waals surface area (Å²) in [5, 5.41) is 0.904. The van der Waals surface area contributed by atoms with Gasteiger partial charge in [0.05, 0.1) is 0 Å². The highest BCUT2D eigenvalue weighted by Gasteiger charge is 2.16. The van der Waals surface area contributed by atoms with Crippen LogP contribution >= 0.6 is 0 Å². The number of rotatable bonds is 2. The minimum atomic E-state index is -0.596. The van der Waals surface area contributed by atoms with Crippen LogP contribution in [0.25, 0.3) is 16.8 Å². The molecule has 2 rings (SSSR count). The molecule has 3 heteroatoms. The van der Waals surface area contributed by atoms with Crippen molar-refractivity contribution in [3.8, 4) is 0 Å². The number of hydrogen-bond donors (Lipinski definition) is 1. The minimum absolute atomic E-state index is 0.121. The van der Waals surface area contributed by atoms with Gasteiger partial charge in [-0.05, 0) is 29.0 Å². The van der Waals surface area contributed by atoms with Crippen molar-refractivity contribution in [2.75, 3.05) is 5.73 Å². The van der Waals surface area contributed by atoms with E-state index >= 15 is 0 Å². The summed E-state index contributed by atoms with van der Waals surface area (Å²) in [7, 11) is 0. The van der Waals surface area contributed by atoms with Crippen LogP contribution in [0.5, 0.6) is 0 Å². The van der Waals surface area contributed by atoms with E-state index in [1.54, 1.807) is 6.07 Å². The molecule has 0 saturated heterocycles. The van der Waals surface area contributed by atoms with E-state index in [-0.39, 0.29) is 5.92 Å². The molecule has 0 atom stereocenters. The summed E-state index contributed by atoms with van der Waals surface area (Å²) < 4.78 is 27.6. The second-order valence-electron chi connectivity index (χ2n) is 4.65. The van der Waals surface area contributed by atoms with Gasteiger partial charge in [0.1, 0.15) is 11.6 Å². The topological polar surface area (TPSA) is 26.0 Å². The maximum absolute atomic E-state index is 13.9. The first-order valence-corrected chi connectivity index (χ1v) is 5.79.